The van der Waals surface area contributed by atoms with E-state index in [1.54, 1.807) is 170 Å². The third kappa shape index (κ3) is 32.2. The molecule has 26 heteroatoms. The van der Waals surface area contributed by atoms with Crippen molar-refractivity contribution in [2.75, 3.05) is 0 Å². The minimum absolute atomic E-state index is 0.0413. The number of nitrogens with zero attached hydrogens (tertiary/aromatic N) is 2. The van der Waals surface area contributed by atoms with Gasteiger partial charge in [0.15, 0.2) is 17.3 Å². The molecule has 0 radical (unpaired) electrons. The van der Waals surface area contributed by atoms with Crippen molar-refractivity contribution in [2.24, 2.45) is 11.5 Å². The summed E-state index contributed by atoms with van der Waals surface area (Å²) in [6.45, 7) is 7.00. The maximum atomic E-state index is 14.5. The molecule has 0 saturated carbocycles. The van der Waals surface area contributed by atoms with Crippen molar-refractivity contribution in [1.29, 1.82) is 5.26 Å². The van der Waals surface area contributed by atoms with Crippen molar-refractivity contribution in [3.8, 4) is 46.3 Å². The molecule has 23 nitrogen and oxygen atoms in total. The first kappa shape index (κ1) is 88.2. The Morgan fingerprint density at radius 2 is 0.672 bits per heavy atom. The first-order valence-corrected chi connectivity index (χ1v) is 41.3. The predicted molar refractivity (Wildman–Crippen MR) is 457 cm³/mol. The van der Waals surface area contributed by atoms with Gasteiger partial charge in [0.1, 0.15) is 66.4 Å². The minimum Gasteiger partial charge on any atom is -0.445 e. The Morgan fingerprint density at radius 3 is 0.950 bits per heavy atom. The largest absolute Gasteiger partial charge is 0.530 e. The molecule has 0 spiro atoms. The zero-order valence-electron chi connectivity index (χ0n) is 64.3. The first-order valence-electron chi connectivity index (χ1n) is 36.9. The zero-order valence-corrected chi connectivity index (χ0v) is 67.0. The summed E-state index contributed by atoms with van der Waals surface area (Å²) in [4.78, 5) is 49.2. The first-order chi connectivity index (χ1) is 58.0. The van der Waals surface area contributed by atoms with Crippen molar-refractivity contribution in [3.05, 3.63) is 432 Å². The number of hydrogen-bond donors (Lipinski definition) is 5. The van der Waals surface area contributed by atoms with E-state index in [0.29, 0.717) is 63.5 Å². The van der Waals surface area contributed by atoms with Gasteiger partial charge in [-0.05, 0) is 143 Å². The van der Waals surface area contributed by atoms with Crippen LogP contribution < -0.4 is 59.2 Å². The molecule has 602 valence electrons. The normalized spacial score (nSPS) is 10.8. The third-order valence-corrected chi connectivity index (χ3v) is 21.4. The number of carbonyl (C=O) groups excluding carboxylic acids is 4. The second-order valence-electron chi connectivity index (χ2n) is 25.2. The molecule has 0 aliphatic rings. The number of hydrogen-bond acceptors (Lipinski definition) is 17. The highest BCUT2D eigenvalue weighted by atomic mass is 31.2. The lowest BCUT2D eigenvalue weighted by Crippen LogP contribution is -2.46. The average molecular weight is 1650 g/mol. The molecule has 0 fully saturated rings. The van der Waals surface area contributed by atoms with Gasteiger partial charge >= 0.3 is 42.1 Å². The number of carbonyl (C=O) groups is 4. The van der Waals surface area contributed by atoms with E-state index in [2.05, 4.69) is 26.3 Å². The number of nitriles is 1. The van der Waals surface area contributed by atoms with Crippen molar-refractivity contribution < 1.29 is 79.6 Å². The van der Waals surface area contributed by atoms with Crippen LogP contribution in [0.2, 0.25) is 0 Å². The fourth-order valence-corrected chi connectivity index (χ4v) is 15.0. The Balaban J connectivity index is 0.000000184. The molecular weight excluding hydrogens is 1560 g/mol. The highest BCUT2D eigenvalue weighted by molar-refractivity contribution is 7.55. The topological polar surface area (TPSA) is 325 Å². The number of amidine groups is 1. The zero-order chi connectivity index (χ0) is 84.0. The second-order valence-corrected chi connectivity index (χ2v) is 30.3. The predicted octanol–water partition coefficient (Wildman–Crippen LogP) is 19.7. The Labute approximate surface area is 692 Å². The van der Waals surface area contributed by atoms with Crippen LogP contribution >= 0.6 is 23.8 Å². The van der Waals surface area contributed by atoms with Crippen LogP contribution in [0.5, 0.6) is 40.2 Å². The van der Waals surface area contributed by atoms with E-state index in [4.69, 9.17) is 69.9 Å². The van der Waals surface area contributed by atoms with Crippen LogP contribution in [0.3, 0.4) is 0 Å². The van der Waals surface area contributed by atoms with Gasteiger partial charge in [-0.2, -0.15) is 5.26 Å². The molecule has 0 aliphatic carbocycles. The van der Waals surface area contributed by atoms with Crippen molar-refractivity contribution in [3.63, 3.8) is 0 Å². The van der Waals surface area contributed by atoms with E-state index < -0.39 is 53.6 Å². The molecule has 13 aromatic carbocycles. The van der Waals surface area contributed by atoms with E-state index in [9.17, 15) is 28.3 Å². The number of aldehydes is 1. The number of ether oxygens (including phenoxy) is 3. The number of nitrogens with one attached hydrogen (secondary N) is 2. The molecule has 0 heterocycles. The second kappa shape index (κ2) is 48.5. The summed E-state index contributed by atoms with van der Waals surface area (Å²) < 4.78 is 85.7. The van der Waals surface area contributed by atoms with E-state index in [0.717, 1.165) is 39.7 Å². The molecule has 0 aliphatic heterocycles. The van der Waals surface area contributed by atoms with E-state index in [1.807, 2.05) is 206 Å². The summed E-state index contributed by atoms with van der Waals surface area (Å²) in [6, 6.07) is 114. The molecule has 2 atom stereocenters. The fraction of sp³-hybridized carbons (Fsp3) is 0.0860. The summed E-state index contributed by atoms with van der Waals surface area (Å²) in [6.07, 6.45) is -0.774. The van der Waals surface area contributed by atoms with Crippen LogP contribution in [0.25, 0.3) is 4.85 Å². The minimum atomic E-state index is -4.09. The van der Waals surface area contributed by atoms with Crippen LogP contribution in [-0.2, 0) is 67.2 Å². The van der Waals surface area contributed by atoms with Gasteiger partial charge in [-0.25, -0.2) is 28.4 Å². The number of rotatable bonds is 31. The number of alkyl carbamates (subject to hydrolysis) is 2. The number of benzene rings is 13. The van der Waals surface area contributed by atoms with Gasteiger partial charge in [0.25, 0.3) is 5.84 Å². The summed E-state index contributed by atoms with van der Waals surface area (Å²) >= 11 is 0. The molecular formula is C93H85N7O16P3+. The number of primary amides is 1. The maximum Gasteiger partial charge on any atom is 0.530 e. The van der Waals surface area contributed by atoms with E-state index in [-0.39, 0.29) is 38.5 Å². The van der Waals surface area contributed by atoms with Gasteiger partial charge in [-0.15, -0.1) is 0 Å². The Bertz CT molecular complexity index is 5190. The van der Waals surface area contributed by atoms with Gasteiger partial charge in [0.05, 0.1) is 23.8 Å². The van der Waals surface area contributed by atoms with Gasteiger partial charge in [-0.3, -0.25) is 11.1 Å². The lowest BCUT2D eigenvalue weighted by Gasteiger charge is -2.28. The summed E-state index contributed by atoms with van der Waals surface area (Å²) in [5.74, 6) is 1.41. The number of nitrogens with two attached hydrogens (primary N) is 3. The van der Waals surface area contributed by atoms with Gasteiger partial charge < -0.3 is 67.0 Å². The Kier molecular flexibility index (Phi) is 35.9. The molecule has 2 unspecified atom stereocenters. The number of amides is 3. The molecule has 0 bridgehead atoms. The summed E-state index contributed by atoms with van der Waals surface area (Å²) in [5.41, 5.74) is 17.2. The highest BCUT2D eigenvalue weighted by Crippen LogP contribution is 2.54. The van der Waals surface area contributed by atoms with Crippen LogP contribution in [0.1, 0.15) is 44.5 Å². The molecule has 0 aromatic heterocycles. The third-order valence-electron chi connectivity index (χ3n) is 16.3. The Hall–Kier alpha value is -14.7. The average Bonchev–Trinajstić information content (AvgIpc) is 0.807. The van der Waals surface area contributed by atoms with Gasteiger partial charge in [0.2, 0.25) is 0 Å². The van der Waals surface area contributed by atoms with Crippen LogP contribution in [0.15, 0.2) is 376 Å². The van der Waals surface area contributed by atoms with Crippen molar-refractivity contribution in [2.45, 2.75) is 50.6 Å². The molecule has 8 N–H and O–H groups in total. The monoisotopic (exact) mass is 1650 g/mol. The molecule has 13 rings (SSSR count). The quantitative estimate of drug-likeness (QED) is 0.00673. The maximum absolute atomic E-state index is 14.5. The molecule has 119 heavy (non-hydrogen) atoms. The summed E-state index contributed by atoms with van der Waals surface area (Å²) in [5, 5.41) is 20.3. The highest BCUT2D eigenvalue weighted by Gasteiger charge is 2.43. The molecule has 13 aromatic rings. The summed E-state index contributed by atoms with van der Waals surface area (Å²) in [7, 11) is -9.76. The lowest BCUT2D eigenvalue weighted by molar-refractivity contribution is -0.114. The Morgan fingerprint density at radius 1 is 0.395 bits per heavy atom. The fourth-order valence-electron chi connectivity index (χ4n) is 10.4. The van der Waals surface area contributed by atoms with Crippen LogP contribution in [-0.4, -0.2) is 42.0 Å². The van der Waals surface area contributed by atoms with E-state index >= 15 is 0 Å². The lowest BCUT2D eigenvalue weighted by atomic mass is 10.1. The number of para-hydroxylation sites is 7. The van der Waals surface area contributed by atoms with Crippen molar-refractivity contribution >= 4 is 59.9 Å². The standard InChI is InChI=1S/C29H28N3O5P.C29H25N2O5P.C18H15O3P.C9H7NO.C8H9NO2/c30-28(31)24-18-16-22(17-19-24)20-27(32-29(33)35-21-23-10-4-1-5-11-23)38(34,36-25-12-6-2-7-13-25)37-26-14-8-3-9-15-26;30-21-24-18-16-23(17-19-24)20-28(31-29(32)34-22-25-10-4-1-5-11-25)37(33,35-26-12-6-2-7-13-26)36-27-14-8-3-9-15-27;1-4-10-16(11-5-1)19-22(20-17-12-6-2-7-13-17)21-18-14-8-3-9-15-18;1-10-9-4-2-8(3-5-9)6-7-11;9-8(10)11-6-7-4-2-1-3-5-7/h1-19,27H,20-21H2,(H3,30,31)(H,32,33);1-19,28H,20,22H2,(H,31,32);1-15H;2-5,7H,6H2;1-5H,6H2,(H2,9,10)/p+1. The van der Waals surface area contributed by atoms with Gasteiger partial charge in [0, 0.05) is 19.3 Å². The SMILES string of the molecule is N#Cc1ccc(CC(NC(=O)OCc2ccccc2)P(=O)(Oc2ccccc2)Oc2ccccc2)cc1.NC(=O)OCc1ccccc1.NC(=[NH2+])c1ccc(CC(NC(=O)OCc2ccccc2)P(=O)(Oc2ccccc2)Oc2ccccc2)cc1.[C-]#[N+]c1ccc(CC=O)cc1.c1ccc(OP(Oc2ccccc2)Oc2ccccc2)cc1. The van der Waals surface area contributed by atoms with Crippen LogP contribution in [0.4, 0.5) is 20.1 Å². The molecule has 0 saturated heterocycles. The molecule has 3 amide bonds. The van der Waals surface area contributed by atoms with E-state index in [1.165, 1.54) is 0 Å². The van der Waals surface area contributed by atoms with Gasteiger partial charge in [-0.1, -0.05) is 267 Å². The van der Waals surface area contributed by atoms with Crippen molar-refractivity contribution in [1.82, 2.24) is 10.6 Å². The smallest absolute Gasteiger partial charge is 0.445 e. The van der Waals surface area contributed by atoms with Crippen LogP contribution in [0, 0.1) is 17.9 Å².